The molecule has 0 saturated heterocycles. The Bertz CT molecular complexity index is 1160. The zero-order valence-electron chi connectivity index (χ0n) is 19.1. The second kappa shape index (κ2) is 12.1. The molecule has 0 fully saturated rings. The van der Waals surface area contributed by atoms with E-state index < -0.39 is 17.7 Å². The molecule has 0 saturated carbocycles. The highest BCUT2D eigenvalue weighted by Crippen LogP contribution is 2.18. The average molecular weight is 467 g/mol. The molecule has 5 nitrogen and oxygen atoms in total. The van der Waals surface area contributed by atoms with E-state index in [-0.39, 0.29) is 18.2 Å². The highest BCUT2D eigenvalue weighted by atomic mass is 19.1. The van der Waals surface area contributed by atoms with Crippen molar-refractivity contribution in [2.24, 2.45) is 0 Å². The summed E-state index contributed by atoms with van der Waals surface area (Å²) in [7, 11) is 0. The summed E-state index contributed by atoms with van der Waals surface area (Å²) in [6.07, 6.45) is -0.668. The van der Waals surface area contributed by atoms with Crippen molar-refractivity contribution in [3.63, 3.8) is 0 Å². The third kappa shape index (κ3) is 7.79. The minimum atomic E-state index is -0.668. The monoisotopic (exact) mass is 466 g/mol. The summed E-state index contributed by atoms with van der Waals surface area (Å²) in [5, 5.41) is 16.8. The molecule has 0 aliphatic carbocycles. The number of hydrogen-bond acceptors (Lipinski definition) is 4. The van der Waals surface area contributed by atoms with Crippen molar-refractivity contribution in [3.8, 4) is 0 Å². The van der Waals surface area contributed by atoms with Gasteiger partial charge < -0.3 is 20.2 Å². The molecule has 0 bridgehead atoms. The Kier molecular flexibility index (Phi) is 8.90. The lowest BCUT2D eigenvalue weighted by molar-refractivity contribution is 0.0890. The van der Waals surface area contributed by atoms with Crippen LogP contribution in [0.15, 0.2) is 77.2 Å². The molecule has 3 aromatic carbocycles. The number of fused-ring (bicyclic) bond motifs is 1. The van der Waals surface area contributed by atoms with Crippen LogP contribution in [0.1, 0.15) is 27.2 Å². The van der Waals surface area contributed by atoms with Gasteiger partial charge in [-0.1, -0.05) is 48.0 Å². The van der Waals surface area contributed by atoms with E-state index in [9.17, 15) is 18.7 Å². The molecule has 1 aromatic heterocycles. The van der Waals surface area contributed by atoms with E-state index in [4.69, 9.17) is 4.42 Å². The molecule has 0 spiro atoms. The van der Waals surface area contributed by atoms with Gasteiger partial charge in [0.25, 0.3) is 5.91 Å². The number of nitrogens with one attached hydrogen (secondary N) is 2. The smallest absolute Gasteiger partial charge is 0.287 e. The zero-order valence-corrected chi connectivity index (χ0v) is 19.1. The Labute approximate surface area is 197 Å². The van der Waals surface area contributed by atoms with Gasteiger partial charge in [0, 0.05) is 31.1 Å². The van der Waals surface area contributed by atoms with Crippen LogP contribution < -0.4 is 10.6 Å². The minimum absolute atomic E-state index is 0.163. The van der Waals surface area contributed by atoms with E-state index >= 15 is 0 Å². The van der Waals surface area contributed by atoms with E-state index in [2.05, 4.69) is 16.7 Å². The van der Waals surface area contributed by atoms with Crippen LogP contribution in [-0.4, -0.2) is 30.2 Å². The Morgan fingerprint density at radius 2 is 1.65 bits per heavy atom. The predicted molar refractivity (Wildman–Crippen MR) is 129 cm³/mol. The number of aliphatic hydroxyl groups is 1. The summed E-state index contributed by atoms with van der Waals surface area (Å²) in [5.41, 5.74) is 3.65. The van der Waals surface area contributed by atoms with Crippen LogP contribution in [0.5, 0.6) is 0 Å². The molecular weight excluding hydrogens is 438 g/mol. The summed E-state index contributed by atoms with van der Waals surface area (Å²) in [4.78, 5) is 12.1. The Morgan fingerprint density at radius 3 is 2.32 bits per heavy atom. The molecular formula is C27H28F2N2O3. The number of halogens is 2. The number of aliphatic hydroxyl groups excluding tert-OH is 1. The van der Waals surface area contributed by atoms with E-state index in [0.717, 1.165) is 11.5 Å². The van der Waals surface area contributed by atoms with Crippen LogP contribution >= 0.6 is 0 Å². The molecule has 178 valence electrons. The zero-order chi connectivity index (χ0) is 24.5. The maximum atomic E-state index is 12.2. The SMILES string of the molecule is Cc1cc(F)cc(F)c1.Cc1cccc(CNCC(O)CNC(=O)c2cc3ccccc3o2)c1. The Hall–Kier alpha value is -3.55. The fraction of sp³-hybridized carbons (Fsp3) is 0.222. The molecule has 1 atom stereocenters. The minimum Gasteiger partial charge on any atom is -0.451 e. The molecule has 7 heteroatoms. The van der Waals surface area contributed by atoms with Gasteiger partial charge in [-0.3, -0.25) is 4.79 Å². The van der Waals surface area contributed by atoms with Crippen molar-refractivity contribution in [1.82, 2.24) is 10.6 Å². The summed E-state index contributed by atoms with van der Waals surface area (Å²) in [6, 6.07) is 20.8. The van der Waals surface area contributed by atoms with E-state index in [1.807, 2.05) is 49.4 Å². The van der Waals surface area contributed by atoms with Crippen LogP contribution in [-0.2, 0) is 6.54 Å². The second-order valence-electron chi connectivity index (χ2n) is 8.08. The lowest BCUT2D eigenvalue weighted by Gasteiger charge is -2.12. The number of benzene rings is 3. The number of carbonyl (C=O) groups excluding carboxylic acids is 1. The first-order chi connectivity index (χ1) is 16.3. The summed E-state index contributed by atoms with van der Waals surface area (Å²) < 4.78 is 29.9. The fourth-order valence-electron chi connectivity index (χ4n) is 3.36. The molecule has 1 amide bonds. The van der Waals surface area contributed by atoms with Crippen molar-refractivity contribution >= 4 is 16.9 Å². The maximum Gasteiger partial charge on any atom is 0.287 e. The second-order valence-corrected chi connectivity index (χ2v) is 8.08. The van der Waals surface area contributed by atoms with Crippen molar-refractivity contribution in [1.29, 1.82) is 0 Å². The van der Waals surface area contributed by atoms with Gasteiger partial charge in [-0.15, -0.1) is 0 Å². The molecule has 0 aliphatic heterocycles. The number of rotatable bonds is 7. The summed E-state index contributed by atoms with van der Waals surface area (Å²) in [5.74, 6) is -1.12. The Morgan fingerprint density at radius 1 is 0.912 bits per heavy atom. The maximum absolute atomic E-state index is 12.2. The van der Waals surface area contributed by atoms with Gasteiger partial charge in [-0.2, -0.15) is 0 Å². The molecule has 0 aliphatic rings. The molecule has 1 heterocycles. The normalized spacial score (nSPS) is 11.6. The van der Waals surface area contributed by atoms with Crippen molar-refractivity contribution < 1.29 is 23.1 Å². The Balaban J connectivity index is 0.000000302. The van der Waals surface area contributed by atoms with E-state index in [1.54, 1.807) is 13.0 Å². The van der Waals surface area contributed by atoms with Crippen LogP contribution in [0.4, 0.5) is 8.78 Å². The first-order valence-corrected chi connectivity index (χ1v) is 10.9. The largest absolute Gasteiger partial charge is 0.451 e. The quantitative estimate of drug-likeness (QED) is 0.362. The average Bonchev–Trinajstić information content (AvgIpc) is 3.21. The predicted octanol–water partition coefficient (Wildman–Crippen LogP) is 4.89. The van der Waals surface area contributed by atoms with Gasteiger partial charge in [0.2, 0.25) is 0 Å². The molecule has 4 aromatic rings. The lowest BCUT2D eigenvalue weighted by Crippen LogP contribution is -2.37. The molecule has 3 N–H and O–H groups in total. The van der Waals surface area contributed by atoms with Gasteiger partial charge >= 0.3 is 0 Å². The molecule has 0 radical (unpaired) electrons. The fourth-order valence-corrected chi connectivity index (χ4v) is 3.36. The van der Waals surface area contributed by atoms with Crippen molar-refractivity contribution in [3.05, 3.63) is 107 Å². The molecule has 1 unspecified atom stereocenters. The molecule has 34 heavy (non-hydrogen) atoms. The number of carbonyl (C=O) groups is 1. The third-order valence-corrected chi connectivity index (χ3v) is 4.95. The van der Waals surface area contributed by atoms with Gasteiger partial charge in [0.05, 0.1) is 6.10 Å². The topological polar surface area (TPSA) is 74.5 Å². The number of amides is 1. The molecule has 4 rings (SSSR count). The summed E-state index contributed by atoms with van der Waals surface area (Å²) >= 11 is 0. The van der Waals surface area contributed by atoms with E-state index in [1.165, 1.54) is 23.3 Å². The first kappa shape index (κ1) is 25.1. The van der Waals surface area contributed by atoms with Crippen LogP contribution in [0, 0.1) is 25.5 Å². The lowest BCUT2D eigenvalue weighted by atomic mass is 10.1. The van der Waals surface area contributed by atoms with Gasteiger partial charge in [-0.05, 0) is 49.2 Å². The van der Waals surface area contributed by atoms with Gasteiger partial charge in [0.15, 0.2) is 5.76 Å². The summed E-state index contributed by atoms with van der Waals surface area (Å²) in [6.45, 7) is 4.93. The highest BCUT2D eigenvalue weighted by Gasteiger charge is 2.13. The number of hydrogen-bond donors (Lipinski definition) is 3. The third-order valence-electron chi connectivity index (χ3n) is 4.95. The van der Waals surface area contributed by atoms with Crippen LogP contribution in [0.2, 0.25) is 0 Å². The first-order valence-electron chi connectivity index (χ1n) is 10.9. The van der Waals surface area contributed by atoms with Crippen LogP contribution in [0.3, 0.4) is 0 Å². The van der Waals surface area contributed by atoms with Crippen LogP contribution in [0.25, 0.3) is 11.0 Å². The number of para-hydroxylation sites is 1. The number of furan rings is 1. The van der Waals surface area contributed by atoms with E-state index in [0.29, 0.717) is 24.2 Å². The van der Waals surface area contributed by atoms with Crippen molar-refractivity contribution in [2.45, 2.75) is 26.5 Å². The van der Waals surface area contributed by atoms with Gasteiger partial charge in [-0.25, -0.2) is 8.78 Å². The number of aryl methyl sites for hydroxylation is 2. The van der Waals surface area contributed by atoms with Crippen molar-refractivity contribution in [2.75, 3.05) is 13.1 Å². The highest BCUT2D eigenvalue weighted by molar-refractivity contribution is 5.96. The van der Waals surface area contributed by atoms with Gasteiger partial charge in [0.1, 0.15) is 17.2 Å². The standard InChI is InChI=1S/C20H22N2O3.C7H6F2/c1-14-5-4-6-15(9-14)11-21-12-17(23)13-22-20(24)19-10-16-7-2-3-8-18(16)25-19;1-5-2-6(8)4-7(9)3-5/h2-10,17,21,23H,11-13H2,1H3,(H,22,24);2-4H,1H3.